The van der Waals surface area contributed by atoms with Crippen LogP contribution >= 0.6 is 0 Å². The summed E-state index contributed by atoms with van der Waals surface area (Å²) >= 11 is 0. The second kappa shape index (κ2) is 10.2. The van der Waals surface area contributed by atoms with E-state index >= 15 is 0 Å². The molecular weight excluding hydrogens is 476 g/mol. The van der Waals surface area contributed by atoms with Crippen LogP contribution in [-0.2, 0) is 10.8 Å². The molecule has 1 nitrogen and oxygen atoms in total. The minimum Gasteiger partial charge on any atom is -0.489 e. The summed E-state index contributed by atoms with van der Waals surface area (Å²) in [5.41, 5.74) is 11.9. The Morgan fingerprint density at radius 1 is 0.789 bits per heavy atom. The molecule has 0 radical (unpaired) electrons. The summed E-state index contributed by atoms with van der Waals surface area (Å²) in [4.78, 5) is 0. The van der Waals surface area contributed by atoms with Gasteiger partial charge in [0.15, 0.2) is 0 Å². The number of rotatable bonds is 7. The molecule has 0 unspecified atom stereocenters. The van der Waals surface area contributed by atoms with Gasteiger partial charge in [-0.05, 0) is 68.8 Å². The maximum atomic E-state index is 6.49. The molecule has 0 saturated carbocycles. The van der Waals surface area contributed by atoms with Crippen LogP contribution in [0.15, 0.2) is 61.2 Å². The number of hydrogen-bond donors (Lipinski definition) is 0. The number of ether oxygens (including phenoxy) is 1. The van der Waals surface area contributed by atoms with Crippen LogP contribution < -0.4 is 9.92 Å². The van der Waals surface area contributed by atoms with Crippen molar-refractivity contribution in [3.8, 4) is 16.9 Å². The highest BCUT2D eigenvalue weighted by Crippen LogP contribution is 2.53. The molecule has 0 saturated heterocycles. The van der Waals surface area contributed by atoms with Gasteiger partial charge >= 0.3 is 0 Å². The van der Waals surface area contributed by atoms with Crippen LogP contribution in [0.3, 0.4) is 0 Å². The van der Waals surface area contributed by atoms with Crippen LogP contribution in [0, 0.1) is 13.8 Å². The Balaban J connectivity index is 2.10. The number of fused-ring (bicyclic) bond motifs is 3. The third-order valence-corrected chi connectivity index (χ3v) is 14.6. The molecule has 0 spiro atoms. The summed E-state index contributed by atoms with van der Waals surface area (Å²) in [5, 5.41) is 1.48. The molecular formula is C36H48OSi. The maximum absolute atomic E-state index is 6.49. The maximum Gasteiger partial charge on any atom is 0.121 e. The van der Waals surface area contributed by atoms with Gasteiger partial charge in [0.25, 0.3) is 0 Å². The lowest BCUT2D eigenvalue weighted by atomic mass is 9.85. The normalized spacial score (nSPS) is 13.8. The summed E-state index contributed by atoms with van der Waals surface area (Å²) in [6.45, 7) is 27.8. The average Bonchev–Trinajstić information content (AvgIpc) is 3.17. The first-order valence-electron chi connectivity index (χ1n) is 14.4. The van der Waals surface area contributed by atoms with Crippen LogP contribution in [-0.4, -0.2) is 14.7 Å². The molecule has 0 aliphatic heterocycles. The molecule has 202 valence electrons. The van der Waals surface area contributed by atoms with E-state index in [1.54, 1.807) is 0 Å². The van der Waals surface area contributed by atoms with Gasteiger partial charge in [0.1, 0.15) is 20.4 Å². The van der Waals surface area contributed by atoms with Crippen LogP contribution in [0.25, 0.3) is 11.1 Å². The van der Waals surface area contributed by atoms with Gasteiger partial charge < -0.3 is 4.74 Å². The lowest BCUT2D eigenvalue weighted by Crippen LogP contribution is -2.53. The Labute approximate surface area is 233 Å². The van der Waals surface area contributed by atoms with Crippen molar-refractivity contribution in [2.45, 2.75) is 97.7 Å². The van der Waals surface area contributed by atoms with Gasteiger partial charge in [0.05, 0.1) is 0 Å². The largest absolute Gasteiger partial charge is 0.489 e. The van der Waals surface area contributed by atoms with E-state index in [1.807, 2.05) is 6.08 Å². The topological polar surface area (TPSA) is 9.23 Å². The van der Waals surface area contributed by atoms with Gasteiger partial charge in [-0.2, -0.15) is 0 Å². The molecule has 4 rings (SSSR count). The molecule has 0 N–H and O–H groups in total. The van der Waals surface area contributed by atoms with Crippen LogP contribution in [0.1, 0.15) is 94.3 Å². The highest BCUT2D eigenvalue weighted by atomic mass is 28.3. The first-order valence-corrected chi connectivity index (χ1v) is 16.9. The molecule has 0 fully saturated rings. The van der Waals surface area contributed by atoms with Gasteiger partial charge in [-0.25, -0.2) is 0 Å². The van der Waals surface area contributed by atoms with E-state index in [2.05, 4.69) is 124 Å². The second-order valence-electron chi connectivity index (χ2n) is 13.5. The van der Waals surface area contributed by atoms with Crippen molar-refractivity contribution in [1.29, 1.82) is 0 Å². The first-order chi connectivity index (χ1) is 17.8. The van der Waals surface area contributed by atoms with E-state index in [-0.39, 0.29) is 10.8 Å². The monoisotopic (exact) mass is 524 g/mol. The minimum absolute atomic E-state index is 0.103. The van der Waals surface area contributed by atoms with E-state index < -0.39 is 8.07 Å². The Kier molecular flexibility index (Phi) is 7.62. The van der Waals surface area contributed by atoms with Gasteiger partial charge in [-0.15, -0.1) is 0 Å². The molecule has 38 heavy (non-hydrogen) atoms. The molecule has 0 atom stereocenters. The molecule has 2 heteroatoms. The Morgan fingerprint density at radius 3 is 1.71 bits per heavy atom. The third-order valence-electron chi connectivity index (χ3n) is 8.86. The predicted molar refractivity (Wildman–Crippen MR) is 169 cm³/mol. The Hall–Kier alpha value is -2.58. The van der Waals surface area contributed by atoms with Gasteiger partial charge in [-0.3, -0.25) is 0 Å². The fourth-order valence-electron chi connectivity index (χ4n) is 6.64. The van der Waals surface area contributed by atoms with E-state index in [1.165, 1.54) is 61.8 Å². The molecule has 0 aromatic heterocycles. The van der Waals surface area contributed by atoms with E-state index in [4.69, 9.17) is 4.74 Å². The average molecular weight is 525 g/mol. The van der Waals surface area contributed by atoms with Crippen molar-refractivity contribution < 1.29 is 4.74 Å². The van der Waals surface area contributed by atoms with Crippen molar-refractivity contribution in [3.63, 3.8) is 0 Å². The lowest BCUT2D eigenvalue weighted by Gasteiger charge is -2.39. The van der Waals surface area contributed by atoms with Crippen molar-refractivity contribution in [1.82, 2.24) is 0 Å². The zero-order chi connectivity index (χ0) is 28.0. The predicted octanol–water partition coefficient (Wildman–Crippen LogP) is 9.51. The second-order valence-corrected chi connectivity index (χ2v) is 18.3. The molecule has 3 aromatic rings. The molecule has 1 aliphatic rings. The zero-order valence-corrected chi connectivity index (χ0v) is 26.5. The summed E-state index contributed by atoms with van der Waals surface area (Å²) in [6, 6.07) is 21.7. The van der Waals surface area contributed by atoms with E-state index in [0.29, 0.717) is 12.1 Å². The summed E-state index contributed by atoms with van der Waals surface area (Å²) in [7, 11) is -2.17. The quantitative estimate of drug-likeness (QED) is 0.221. The number of aryl methyl sites for hydroxylation is 2. The van der Waals surface area contributed by atoms with Gasteiger partial charge in [-0.1, -0.05) is 134 Å². The molecule has 1 aliphatic carbocycles. The highest BCUT2D eigenvalue weighted by Gasteiger charge is 2.48. The van der Waals surface area contributed by atoms with Crippen molar-refractivity contribution in [2.75, 3.05) is 6.61 Å². The zero-order valence-electron chi connectivity index (χ0n) is 25.5. The fraction of sp³-hybridized carbons (Fsp3) is 0.444. The van der Waals surface area contributed by atoms with Gasteiger partial charge in [0.2, 0.25) is 0 Å². The molecule has 0 amide bonds. The smallest absolute Gasteiger partial charge is 0.121 e. The lowest BCUT2D eigenvalue weighted by molar-refractivity contribution is 0.363. The SMILES string of the molecule is C=CCOc1c(C)cc(C)cc1[Si](CC)(CC)C1c2cc(C(C)(C)C)ccc2-c2ccc(C(C)(C)C)cc21. The standard InChI is InChI=1S/C36H48OSi/c1-12-19-37-33-25(5)20-24(4)21-32(33)38(13-2,14-3)34-30-22-26(35(6,7)8)15-17-28(30)29-18-16-27(23-31(29)34)36(9,10)11/h12,15-18,20-23,34H,1,13-14,19H2,2-11H3. The van der Waals surface area contributed by atoms with Gasteiger partial charge in [0, 0.05) is 5.54 Å². The minimum atomic E-state index is -2.17. The summed E-state index contributed by atoms with van der Waals surface area (Å²) in [6.07, 6.45) is 1.87. The van der Waals surface area contributed by atoms with Crippen molar-refractivity contribution >= 4 is 13.3 Å². The molecule has 3 aromatic carbocycles. The van der Waals surface area contributed by atoms with Crippen LogP contribution in [0.5, 0.6) is 5.75 Å². The summed E-state index contributed by atoms with van der Waals surface area (Å²) < 4.78 is 6.49. The van der Waals surface area contributed by atoms with E-state index in [9.17, 15) is 0 Å². The number of benzene rings is 3. The van der Waals surface area contributed by atoms with Crippen molar-refractivity contribution in [2.24, 2.45) is 0 Å². The fourth-order valence-corrected chi connectivity index (χ4v) is 11.9. The summed E-state index contributed by atoms with van der Waals surface area (Å²) in [5.74, 6) is 1.10. The van der Waals surface area contributed by atoms with Crippen LogP contribution in [0.4, 0.5) is 0 Å². The highest BCUT2D eigenvalue weighted by molar-refractivity contribution is 6.94. The Bertz CT molecular complexity index is 1280. The number of hydrogen-bond acceptors (Lipinski definition) is 1. The first kappa shape index (κ1) is 28.4. The third kappa shape index (κ3) is 4.81. The molecule has 0 heterocycles. The molecule has 0 bridgehead atoms. The van der Waals surface area contributed by atoms with Crippen molar-refractivity contribution in [3.05, 3.63) is 94.6 Å². The van der Waals surface area contributed by atoms with Crippen LogP contribution in [0.2, 0.25) is 12.1 Å². The Morgan fingerprint density at radius 2 is 1.29 bits per heavy atom. The van der Waals surface area contributed by atoms with E-state index in [0.717, 1.165) is 5.75 Å².